The van der Waals surface area contributed by atoms with Crippen LogP contribution in [0.15, 0.2) is 0 Å². The fourth-order valence-corrected chi connectivity index (χ4v) is 3.40. The first-order chi connectivity index (χ1) is 11.1. The van der Waals surface area contributed by atoms with Gasteiger partial charge in [-0.05, 0) is 19.8 Å². The minimum atomic E-state index is -0.855. The van der Waals surface area contributed by atoms with Gasteiger partial charge in [-0.1, -0.05) is 20.8 Å². The molecule has 3 rings (SSSR count). The zero-order valence-corrected chi connectivity index (χ0v) is 14.6. The molecule has 3 aliphatic rings. The Morgan fingerprint density at radius 2 is 1.96 bits per heavy atom. The number of hydrogen-bond acceptors (Lipinski definition) is 7. The molecule has 8 heteroatoms. The number of amides is 2. The van der Waals surface area contributed by atoms with Crippen LogP contribution in [0, 0.1) is 11.8 Å². The fourth-order valence-electron chi connectivity index (χ4n) is 3.40. The van der Waals surface area contributed by atoms with Crippen LogP contribution in [0.25, 0.3) is 0 Å². The van der Waals surface area contributed by atoms with E-state index in [4.69, 9.17) is 18.9 Å². The molecule has 0 radical (unpaired) electrons. The molecule has 6 atom stereocenters. The van der Waals surface area contributed by atoms with Gasteiger partial charge in [0.25, 0.3) is 0 Å². The van der Waals surface area contributed by atoms with E-state index in [2.05, 4.69) is 0 Å². The Hall–Kier alpha value is -1.22. The summed E-state index contributed by atoms with van der Waals surface area (Å²) >= 11 is 0. The Kier molecular flexibility index (Phi) is 4.36. The van der Waals surface area contributed by atoms with Crippen LogP contribution in [0.1, 0.15) is 34.6 Å². The summed E-state index contributed by atoms with van der Waals surface area (Å²) in [6.45, 7) is 9.07. The molecule has 0 aromatic carbocycles. The highest BCUT2D eigenvalue weighted by molar-refractivity contribution is 5.95. The lowest BCUT2D eigenvalue weighted by atomic mass is 9.93. The van der Waals surface area contributed by atoms with Crippen molar-refractivity contribution < 1.29 is 33.6 Å². The highest BCUT2D eigenvalue weighted by Crippen LogP contribution is 2.40. The van der Waals surface area contributed by atoms with E-state index in [1.54, 1.807) is 20.8 Å². The van der Waals surface area contributed by atoms with Gasteiger partial charge < -0.3 is 24.1 Å². The monoisotopic (exact) mass is 343 g/mol. The van der Waals surface area contributed by atoms with Crippen LogP contribution in [0.3, 0.4) is 0 Å². The number of hydrogen-bond donors (Lipinski definition) is 1. The normalized spacial score (nSPS) is 37.0. The van der Waals surface area contributed by atoms with Crippen molar-refractivity contribution in [1.29, 1.82) is 0 Å². The van der Waals surface area contributed by atoms with Crippen LogP contribution in [0.4, 0.5) is 4.79 Å². The van der Waals surface area contributed by atoms with Crippen molar-refractivity contribution in [3.8, 4) is 0 Å². The van der Waals surface area contributed by atoms with Crippen molar-refractivity contribution in [2.45, 2.75) is 71.0 Å². The average molecular weight is 343 g/mol. The molecule has 3 saturated heterocycles. The summed E-state index contributed by atoms with van der Waals surface area (Å²) in [5.74, 6) is -2.16. The second-order valence-electron chi connectivity index (χ2n) is 7.44. The predicted molar refractivity (Wildman–Crippen MR) is 80.7 cm³/mol. The standard InChI is InChI=1S/C16H25NO7/c1-7(2)10(18)8(3)13(19)17-14-12(23-15(17)20)11-9(22-14)6-21-16(4,5)24-11/h7-12,14,18H,6H2,1-5H3/t8-,9-,10+,11+,12-,14+/m1/s1. The lowest BCUT2D eigenvalue weighted by Gasteiger charge is -2.37. The molecule has 0 aromatic rings. The summed E-state index contributed by atoms with van der Waals surface area (Å²) in [4.78, 5) is 25.9. The molecule has 0 bridgehead atoms. The third kappa shape index (κ3) is 2.81. The third-order valence-corrected chi connectivity index (χ3v) is 4.81. The Labute approximate surface area is 141 Å². The minimum Gasteiger partial charge on any atom is -0.438 e. The van der Waals surface area contributed by atoms with E-state index in [1.807, 2.05) is 13.8 Å². The summed E-state index contributed by atoms with van der Waals surface area (Å²) in [5, 5.41) is 10.1. The summed E-state index contributed by atoms with van der Waals surface area (Å²) in [6.07, 6.45) is -4.03. The van der Waals surface area contributed by atoms with Crippen molar-refractivity contribution >= 4 is 12.0 Å². The zero-order valence-electron chi connectivity index (χ0n) is 14.6. The number of aliphatic hydroxyl groups is 1. The third-order valence-electron chi connectivity index (χ3n) is 4.81. The number of imide groups is 1. The maximum Gasteiger partial charge on any atom is 0.419 e. The van der Waals surface area contributed by atoms with Gasteiger partial charge in [0.2, 0.25) is 5.91 Å². The van der Waals surface area contributed by atoms with Crippen molar-refractivity contribution in [2.24, 2.45) is 11.8 Å². The van der Waals surface area contributed by atoms with Crippen molar-refractivity contribution in [3.05, 3.63) is 0 Å². The van der Waals surface area contributed by atoms with E-state index in [9.17, 15) is 14.7 Å². The van der Waals surface area contributed by atoms with Crippen molar-refractivity contribution in [1.82, 2.24) is 4.90 Å². The number of ether oxygens (including phenoxy) is 4. The number of rotatable bonds is 3. The first kappa shape index (κ1) is 17.6. The van der Waals surface area contributed by atoms with Crippen LogP contribution in [-0.2, 0) is 23.7 Å². The van der Waals surface area contributed by atoms with Crippen LogP contribution in [-0.4, -0.2) is 65.0 Å². The van der Waals surface area contributed by atoms with E-state index in [0.29, 0.717) is 6.61 Å². The summed E-state index contributed by atoms with van der Waals surface area (Å²) in [5.41, 5.74) is 0. The molecular weight excluding hydrogens is 318 g/mol. The predicted octanol–water partition coefficient (Wildman–Crippen LogP) is 0.863. The molecule has 3 fully saturated rings. The van der Waals surface area contributed by atoms with E-state index >= 15 is 0 Å². The molecule has 0 aromatic heterocycles. The number of carbonyl (C=O) groups excluding carboxylic acids is 2. The van der Waals surface area contributed by atoms with Gasteiger partial charge in [-0.3, -0.25) is 4.79 Å². The number of aliphatic hydroxyl groups excluding tert-OH is 1. The van der Waals surface area contributed by atoms with E-state index < -0.39 is 54.3 Å². The fraction of sp³-hybridized carbons (Fsp3) is 0.875. The molecule has 0 spiro atoms. The van der Waals surface area contributed by atoms with Crippen LogP contribution >= 0.6 is 0 Å². The summed E-state index contributed by atoms with van der Waals surface area (Å²) in [6, 6.07) is 0. The van der Waals surface area contributed by atoms with Crippen LogP contribution < -0.4 is 0 Å². The van der Waals surface area contributed by atoms with E-state index in [1.165, 1.54) is 0 Å². The molecule has 8 nitrogen and oxygen atoms in total. The van der Waals surface area contributed by atoms with Crippen LogP contribution in [0.5, 0.6) is 0 Å². The molecule has 0 saturated carbocycles. The molecule has 1 N–H and O–H groups in total. The van der Waals surface area contributed by atoms with Gasteiger partial charge in [0.1, 0.15) is 12.2 Å². The summed E-state index contributed by atoms with van der Waals surface area (Å²) in [7, 11) is 0. The molecule has 0 aliphatic carbocycles. The largest absolute Gasteiger partial charge is 0.438 e. The Bertz CT molecular complexity index is 535. The van der Waals surface area contributed by atoms with Gasteiger partial charge in [-0.2, -0.15) is 0 Å². The maximum absolute atomic E-state index is 12.7. The van der Waals surface area contributed by atoms with Gasteiger partial charge in [0.05, 0.1) is 18.6 Å². The molecular formula is C16H25NO7. The van der Waals surface area contributed by atoms with Gasteiger partial charge in [0.15, 0.2) is 18.1 Å². The highest BCUT2D eigenvalue weighted by atomic mass is 16.8. The quantitative estimate of drug-likeness (QED) is 0.812. The summed E-state index contributed by atoms with van der Waals surface area (Å²) < 4.78 is 22.5. The maximum atomic E-state index is 12.7. The lowest BCUT2D eigenvalue weighted by Crippen LogP contribution is -2.50. The Morgan fingerprint density at radius 3 is 2.58 bits per heavy atom. The topological polar surface area (TPSA) is 94.5 Å². The second kappa shape index (κ2) is 5.94. The van der Waals surface area contributed by atoms with E-state index in [0.717, 1.165) is 4.90 Å². The van der Waals surface area contributed by atoms with Gasteiger partial charge in [-0.25, -0.2) is 9.69 Å². The second-order valence-corrected chi connectivity index (χ2v) is 7.44. The van der Waals surface area contributed by atoms with E-state index in [-0.39, 0.29) is 5.92 Å². The zero-order chi connectivity index (χ0) is 17.8. The number of nitrogens with zero attached hydrogens (tertiary/aromatic N) is 1. The van der Waals surface area contributed by atoms with Crippen LogP contribution in [0.2, 0.25) is 0 Å². The minimum absolute atomic E-state index is 0.108. The molecule has 0 unspecified atom stereocenters. The number of carbonyl (C=O) groups is 2. The first-order valence-electron chi connectivity index (χ1n) is 8.31. The van der Waals surface area contributed by atoms with Gasteiger partial charge in [0, 0.05) is 0 Å². The highest BCUT2D eigenvalue weighted by Gasteiger charge is 2.61. The molecule has 3 heterocycles. The Morgan fingerprint density at radius 1 is 1.29 bits per heavy atom. The first-order valence-corrected chi connectivity index (χ1v) is 8.31. The SMILES string of the molecule is CC(C)[C@H](O)[C@@H](C)C(=O)N1C(=O)O[C@@H]2[C@H]3OC(C)(C)OC[C@H]3O[C@@H]21. The van der Waals surface area contributed by atoms with Gasteiger partial charge >= 0.3 is 6.09 Å². The molecule has 24 heavy (non-hydrogen) atoms. The molecule has 2 amide bonds. The average Bonchev–Trinajstić information content (AvgIpc) is 2.98. The van der Waals surface area contributed by atoms with Gasteiger partial charge in [-0.15, -0.1) is 0 Å². The van der Waals surface area contributed by atoms with Crippen molar-refractivity contribution in [2.75, 3.05) is 6.61 Å². The number of fused-ring (bicyclic) bond motifs is 3. The lowest BCUT2D eigenvalue weighted by molar-refractivity contribution is -0.301. The smallest absolute Gasteiger partial charge is 0.419 e. The molecule has 3 aliphatic heterocycles. The Balaban J connectivity index is 1.77. The van der Waals surface area contributed by atoms with Crippen molar-refractivity contribution in [3.63, 3.8) is 0 Å². The molecule has 136 valence electrons.